The molecule has 2 rings (SSSR count). The Bertz CT molecular complexity index is 373. The van der Waals surface area contributed by atoms with E-state index in [1.807, 2.05) is 18.2 Å². The first-order chi connectivity index (χ1) is 8.16. The zero-order chi connectivity index (χ0) is 12.3. The Hall–Kier alpha value is -1.35. The van der Waals surface area contributed by atoms with E-state index in [-0.39, 0.29) is 6.54 Å². The second-order valence-corrected chi connectivity index (χ2v) is 4.84. The highest BCUT2D eigenvalue weighted by atomic mass is 16.4. The van der Waals surface area contributed by atoms with E-state index in [9.17, 15) is 4.79 Å². The third kappa shape index (κ3) is 3.56. The average Bonchev–Trinajstić information content (AvgIpc) is 3.10. The fraction of sp³-hybridized carbons (Fsp3) is 0.500. The van der Waals surface area contributed by atoms with Gasteiger partial charge in [-0.25, -0.2) is 0 Å². The summed E-state index contributed by atoms with van der Waals surface area (Å²) in [6, 6.07) is 11.0. The molecular formula is C14H19NO2. The molecule has 1 aromatic carbocycles. The van der Waals surface area contributed by atoms with Gasteiger partial charge < -0.3 is 5.11 Å². The van der Waals surface area contributed by atoms with Crippen LogP contribution in [-0.2, 0) is 11.2 Å². The highest BCUT2D eigenvalue weighted by molar-refractivity contribution is 5.69. The molecule has 0 saturated heterocycles. The SMILES string of the molecule is CC(Cc1ccccc1)N(CC(=O)O)C1CC1. The van der Waals surface area contributed by atoms with Gasteiger partial charge in [-0.05, 0) is 31.7 Å². The lowest BCUT2D eigenvalue weighted by Crippen LogP contribution is -2.40. The van der Waals surface area contributed by atoms with Gasteiger partial charge in [-0.2, -0.15) is 0 Å². The van der Waals surface area contributed by atoms with Gasteiger partial charge in [0.2, 0.25) is 0 Å². The molecule has 1 aliphatic carbocycles. The third-order valence-electron chi connectivity index (χ3n) is 3.27. The highest BCUT2D eigenvalue weighted by Gasteiger charge is 2.33. The maximum atomic E-state index is 10.9. The van der Waals surface area contributed by atoms with Crippen LogP contribution in [0.3, 0.4) is 0 Å². The molecule has 0 spiro atoms. The molecule has 1 unspecified atom stereocenters. The van der Waals surface area contributed by atoms with E-state index in [1.165, 1.54) is 5.56 Å². The van der Waals surface area contributed by atoms with Crippen molar-refractivity contribution in [2.75, 3.05) is 6.54 Å². The molecule has 0 aromatic heterocycles. The topological polar surface area (TPSA) is 40.5 Å². The van der Waals surface area contributed by atoms with E-state index in [0.717, 1.165) is 19.3 Å². The van der Waals surface area contributed by atoms with Gasteiger partial charge in [-0.1, -0.05) is 30.3 Å². The number of aliphatic carboxylic acids is 1. The molecule has 0 aliphatic heterocycles. The van der Waals surface area contributed by atoms with E-state index in [1.54, 1.807) is 0 Å². The lowest BCUT2D eigenvalue weighted by molar-refractivity contribution is -0.139. The molecule has 0 bridgehead atoms. The van der Waals surface area contributed by atoms with E-state index in [2.05, 4.69) is 24.0 Å². The van der Waals surface area contributed by atoms with Crippen LogP contribution in [0.2, 0.25) is 0 Å². The van der Waals surface area contributed by atoms with Gasteiger partial charge in [-0.15, -0.1) is 0 Å². The Morgan fingerprint density at radius 1 is 1.41 bits per heavy atom. The van der Waals surface area contributed by atoms with E-state index >= 15 is 0 Å². The van der Waals surface area contributed by atoms with Crippen LogP contribution in [0.4, 0.5) is 0 Å². The molecular weight excluding hydrogens is 214 g/mol. The summed E-state index contributed by atoms with van der Waals surface area (Å²) in [4.78, 5) is 13.0. The molecule has 1 fully saturated rings. The Balaban J connectivity index is 1.96. The predicted molar refractivity (Wildman–Crippen MR) is 67.0 cm³/mol. The summed E-state index contributed by atoms with van der Waals surface area (Å²) in [6.45, 7) is 2.28. The van der Waals surface area contributed by atoms with Crippen molar-refractivity contribution in [1.82, 2.24) is 4.90 Å². The average molecular weight is 233 g/mol. The molecule has 3 heteroatoms. The lowest BCUT2D eigenvalue weighted by Gasteiger charge is -2.27. The summed E-state index contributed by atoms with van der Waals surface area (Å²) < 4.78 is 0. The van der Waals surface area contributed by atoms with Crippen molar-refractivity contribution >= 4 is 5.97 Å². The number of rotatable bonds is 6. The van der Waals surface area contributed by atoms with Crippen molar-refractivity contribution in [3.05, 3.63) is 35.9 Å². The molecule has 1 saturated carbocycles. The van der Waals surface area contributed by atoms with Crippen molar-refractivity contribution in [1.29, 1.82) is 0 Å². The fourth-order valence-corrected chi connectivity index (χ4v) is 2.28. The second-order valence-electron chi connectivity index (χ2n) is 4.84. The molecule has 1 atom stereocenters. The summed E-state index contributed by atoms with van der Waals surface area (Å²) in [5, 5.41) is 8.93. The van der Waals surface area contributed by atoms with Crippen LogP contribution in [0, 0.1) is 0 Å². The normalized spacial score (nSPS) is 17.1. The maximum absolute atomic E-state index is 10.9. The Morgan fingerprint density at radius 3 is 2.59 bits per heavy atom. The summed E-state index contributed by atoms with van der Waals surface area (Å²) in [5.41, 5.74) is 1.27. The van der Waals surface area contributed by atoms with E-state index < -0.39 is 5.97 Å². The maximum Gasteiger partial charge on any atom is 0.317 e. The van der Waals surface area contributed by atoms with Crippen molar-refractivity contribution in [2.45, 2.75) is 38.3 Å². The zero-order valence-corrected chi connectivity index (χ0v) is 10.2. The quantitative estimate of drug-likeness (QED) is 0.818. The fourth-order valence-electron chi connectivity index (χ4n) is 2.28. The molecule has 1 N–H and O–H groups in total. The van der Waals surface area contributed by atoms with E-state index in [4.69, 9.17) is 5.11 Å². The van der Waals surface area contributed by atoms with E-state index in [0.29, 0.717) is 12.1 Å². The van der Waals surface area contributed by atoms with Crippen LogP contribution in [0.15, 0.2) is 30.3 Å². The second kappa shape index (κ2) is 5.32. The number of carboxylic acid groups (broad SMARTS) is 1. The van der Waals surface area contributed by atoms with Gasteiger partial charge >= 0.3 is 5.97 Å². The number of hydrogen-bond acceptors (Lipinski definition) is 2. The Labute approximate surface area is 102 Å². The van der Waals surface area contributed by atoms with Crippen LogP contribution >= 0.6 is 0 Å². The highest BCUT2D eigenvalue weighted by Crippen LogP contribution is 2.29. The zero-order valence-electron chi connectivity index (χ0n) is 10.2. The van der Waals surface area contributed by atoms with Gasteiger partial charge in [0.15, 0.2) is 0 Å². The van der Waals surface area contributed by atoms with Gasteiger partial charge in [0.1, 0.15) is 0 Å². The molecule has 1 aliphatic rings. The Morgan fingerprint density at radius 2 is 2.06 bits per heavy atom. The predicted octanol–water partition coefficient (Wildman–Crippen LogP) is 2.17. The first kappa shape index (κ1) is 12.1. The summed E-state index contributed by atoms with van der Waals surface area (Å²) in [7, 11) is 0. The van der Waals surface area contributed by atoms with Crippen molar-refractivity contribution < 1.29 is 9.90 Å². The number of nitrogens with zero attached hydrogens (tertiary/aromatic N) is 1. The molecule has 92 valence electrons. The lowest BCUT2D eigenvalue weighted by atomic mass is 10.1. The third-order valence-corrected chi connectivity index (χ3v) is 3.27. The molecule has 17 heavy (non-hydrogen) atoms. The smallest absolute Gasteiger partial charge is 0.317 e. The summed E-state index contributed by atoms with van der Waals surface area (Å²) in [5.74, 6) is -0.725. The molecule has 0 radical (unpaired) electrons. The number of carboxylic acids is 1. The minimum atomic E-state index is -0.725. The van der Waals surface area contributed by atoms with Crippen LogP contribution in [-0.4, -0.2) is 34.6 Å². The van der Waals surface area contributed by atoms with Gasteiger partial charge in [0, 0.05) is 12.1 Å². The van der Waals surface area contributed by atoms with Gasteiger partial charge in [0.25, 0.3) is 0 Å². The standard InChI is InChI=1S/C14H19NO2/c1-11(9-12-5-3-2-4-6-12)15(10-14(16)17)13-7-8-13/h2-6,11,13H,7-10H2,1H3,(H,16,17). The van der Waals surface area contributed by atoms with Crippen molar-refractivity contribution in [3.63, 3.8) is 0 Å². The molecule has 0 heterocycles. The summed E-state index contributed by atoms with van der Waals surface area (Å²) >= 11 is 0. The molecule has 1 aromatic rings. The van der Waals surface area contributed by atoms with Crippen LogP contribution in [0.25, 0.3) is 0 Å². The van der Waals surface area contributed by atoms with Crippen molar-refractivity contribution in [2.24, 2.45) is 0 Å². The van der Waals surface area contributed by atoms with Crippen LogP contribution < -0.4 is 0 Å². The molecule has 0 amide bonds. The largest absolute Gasteiger partial charge is 0.480 e. The molecule has 3 nitrogen and oxygen atoms in total. The minimum absolute atomic E-state index is 0.165. The Kier molecular flexibility index (Phi) is 3.79. The number of carbonyl (C=O) groups is 1. The summed E-state index contributed by atoms with van der Waals surface area (Å²) in [6.07, 6.45) is 3.21. The van der Waals surface area contributed by atoms with Crippen LogP contribution in [0.5, 0.6) is 0 Å². The number of benzene rings is 1. The first-order valence-corrected chi connectivity index (χ1v) is 6.18. The number of hydrogen-bond donors (Lipinski definition) is 1. The van der Waals surface area contributed by atoms with Crippen LogP contribution in [0.1, 0.15) is 25.3 Å². The minimum Gasteiger partial charge on any atom is -0.480 e. The van der Waals surface area contributed by atoms with Gasteiger partial charge in [0.05, 0.1) is 6.54 Å². The first-order valence-electron chi connectivity index (χ1n) is 6.18. The van der Waals surface area contributed by atoms with Gasteiger partial charge in [-0.3, -0.25) is 9.69 Å². The van der Waals surface area contributed by atoms with Crippen molar-refractivity contribution in [3.8, 4) is 0 Å². The monoisotopic (exact) mass is 233 g/mol.